The first-order valence-corrected chi connectivity index (χ1v) is 7.68. The minimum Gasteiger partial charge on any atom is -0.406 e. The predicted molar refractivity (Wildman–Crippen MR) is 89.1 cm³/mol. The quantitative estimate of drug-likeness (QED) is 0.761. The fourth-order valence-corrected chi connectivity index (χ4v) is 2.49. The van der Waals surface area contributed by atoms with Gasteiger partial charge in [-0.05, 0) is 52.7 Å². The van der Waals surface area contributed by atoms with Gasteiger partial charge in [0.1, 0.15) is 5.75 Å². The Hall–Kier alpha value is -2.22. The SMILES string of the molecule is Cc1ccc(NC(=O)CNc2cccc(OC(F)(F)F)c2)c(Br)c1. The van der Waals surface area contributed by atoms with Crippen LogP contribution in [0.3, 0.4) is 0 Å². The fraction of sp³-hybridized carbons (Fsp3) is 0.188. The second-order valence-electron chi connectivity index (χ2n) is 4.96. The molecule has 2 rings (SSSR count). The molecule has 24 heavy (non-hydrogen) atoms. The Kier molecular flexibility index (Phi) is 5.71. The summed E-state index contributed by atoms with van der Waals surface area (Å²) in [6, 6.07) is 10.8. The summed E-state index contributed by atoms with van der Waals surface area (Å²) in [5.74, 6) is -0.684. The van der Waals surface area contributed by atoms with E-state index in [1.165, 1.54) is 24.3 Å². The van der Waals surface area contributed by atoms with Crippen molar-refractivity contribution in [1.82, 2.24) is 0 Å². The highest BCUT2D eigenvalue weighted by atomic mass is 79.9. The Morgan fingerprint density at radius 3 is 2.62 bits per heavy atom. The molecular formula is C16H14BrF3N2O2. The van der Waals surface area contributed by atoms with Crippen molar-refractivity contribution in [2.75, 3.05) is 17.2 Å². The van der Waals surface area contributed by atoms with Gasteiger partial charge in [0.2, 0.25) is 5.91 Å². The minimum atomic E-state index is -4.76. The molecule has 128 valence electrons. The summed E-state index contributed by atoms with van der Waals surface area (Å²) >= 11 is 3.35. The first-order chi connectivity index (χ1) is 11.2. The average molecular weight is 403 g/mol. The molecule has 0 saturated heterocycles. The van der Waals surface area contributed by atoms with Gasteiger partial charge in [0, 0.05) is 16.2 Å². The first kappa shape index (κ1) is 18.1. The highest BCUT2D eigenvalue weighted by Crippen LogP contribution is 2.25. The number of aryl methyl sites for hydroxylation is 1. The summed E-state index contributed by atoms with van der Waals surface area (Å²) < 4.78 is 41.1. The van der Waals surface area contributed by atoms with Gasteiger partial charge in [-0.3, -0.25) is 4.79 Å². The Bertz CT molecular complexity index is 736. The molecular weight excluding hydrogens is 389 g/mol. The van der Waals surface area contributed by atoms with Gasteiger partial charge in [0.05, 0.1) is 12.2 Å². The molecule has 0 aliphatic carbocycles. The molecule has 0 bridgehead atoms. The molecule has 0 aliphatic rings. The minimum absolute atomic E-state index is 0.101. The molecule has 0 heterocycles. The van der Waals surface area contributed by atoms with E-state index in [2.05, 4.69) is 31.3 Å². The van der Waals surface area contributed by atoms with E-state index in [0.29, 0.717) is 11.4 Å². The summed E-state index contributed by atoms with van der Waals surface area (Å²) in [7, 11) is 0. The third-order valence-corrected chi connectivity index (χ3v) is 3.58. The van der Waals surface area contributed by atoms with Crippen LogP contribution >= 0.6 is 15.9 Å². The molecule has 0 spiro atoms. The van der Waals surface area contributed by atoms with Crippen LogP contribution in [0.25, 0.3) is 0 Å². The van der Waals surface area contributed by atoms with E-state index in [-0.39, 0.29) is 18.2 Å². The lowest BCUT2D eigenvalue weighted by Gasteiger charge is -2.12. The van der Waals surface area contributed by atoms with Gasteiger partial charge in [0.25, 0.3) is 0 Å². The number of amides is 1. The predicted octanol–water partition coefficient (Wildman–Crippen LogP) is 4.71. The Balaban J connectivity index is 1.93. The van der Waals surface area contributed by atoms with E-state index in [1.54, 1.807) is 6.07 Å². The maximum atomic E-state index is 12.2. The van der Waals surface area contributed by atoms with Crippen molar-refractivity contribution in [3.8, 4) is 5.75 Å². The monoisotopic (exact) mass is 402 g/mol. The normalized spacial score (nSPS) is 11.0. The van der Waals surface area contributed by atoms with Gasteiger partial charge < -0.3 is 15.4 Å². The molecule has 8 heteroatoms. The number of ether oxygens (including phenoxy) is 1. The number of hydrogen-bond donors (Lipinski definition) is 2. The molecule has 2 aromatic rings. The van der Waals surface area contributed by atoms with Gasteiger partial charge in [-0.2, -0.15) is 0 Å². The Morgan fingerprint density at radius 2 is 1.96 bits per heavy atom. The number of benzene rings is 2. The summed E-state index contributed by atoms with van der Waals surface area (Å²) in [6.07, 6.45) is -4.76. The fourth-order valence-electron chi connectivity index (χ4n) is 1.90. The van der Waals surface area contributed by atoms with Gasteiger partial charge in [-0.15, -0.1) is 13.2 Å². The van der Waals surface area contributed by atoms with Crippen LogP contribution in [0.15, 0.2) is 46.9 Å². The summed E-state index contributed by atoms with van der Waals surface area (Å²) in [5, 5.41) is 5.45. The highest BCUT2D eigenvalue weighted by molar-refractivity contribution is 9.10. The maximum absolute atomic E-state index is 12.2. The molecule has 0 unspecified atom stereocenters. The van der Waals surface area contributed by atoms with Gasteiger partial charge in [-0.1, -0.05) is 12.1 Å². The van der Waals surface area contributed by atoms with Crippen molar-refractivity contribution in [2.24, 2.45) is 0 Å². The molecule has 0 aromatic heterocycles. The van der Waals surface area contributed by atoms with Crippen molar-refractivity contribution >= 4 is 33.2 Å². The van der Waals surface area contributed by atoms with E-state index in [0.717, 1.165) is 10.0 Å². The highest BCUT2D eigenvalue weighted by Gasteiger charge is 2.31. The number of nitrogens with one attached hydrogen (secondary N) is 2. The number of rotatable bonds is 5. The third kappa shape index (κ3) is 5.77. The van der Waals surface area contributed by atoms with Crippen LogP contribution in [0, 0.1) is 6.92 Å². The number of carbonyl (C=O) groups excluding carboxylic acids is 1. The second-order valence-corrected chi connectivity index (χ2v) is 5.82. The number of halogens is 4. The first-order valence-electron chi connectivity index (χ1n) is 6.88. The van der Waals surface area contributed by atoms with E-state index in [9.17, 15) is 18.0 Å². The van der Waals surface area contributed by atoms with Gasteiger partial charge in [0.15, 0.2) is 0 Å². The Morgan fingerprint density at radius 1 is 1.21 bits per heavy atom. The smallest absolute Gasteiger partial charge is 0.406 e. The molecule has 0 radical (unpaired) electrons. The van der Waals surface area contributed by atoms with E-state index in [1.807, 2.05) is 19.1 Å². The molecule has 2 N–H and O–H groups in total. The lowest BCUT2D eigenvalue weighted by Crippen LogP contribution is -2.22. The van der Waals surface area contributed by atoms with E-state index >= 15 is 0 Å². The van der Waals surface area contributed by atoms with Crippen LogP contribution in [-0.4, -0.2) is 18.8 Å². The van der Waals surface area contributed by atoms with E-state index < -0.39 is 6.36 Å². The largest absolute Gasteiger partial charge is 0.573 e. The zero-order valence-corrected chi connectivity index (χ0v) is 14.2. The van der Waals surface area contributed by atoms with Crippen molar-refractivity contribution in [2.45, 2.75) is 13.3 Å². The average Bonchev–Trinajstić information content (AvgIpc) is 2.47. The standard InChI is InChI=1S/C16H14BrF3N2O2/c1-10-5-6-14(13(17)7-10)22-15(23)9-21-11-3-2-4-12(8-11)24-16(18,19)20/h2-8,21H,9H2,1H3,(H,22,23). The maximum Gasteiger partial charge on any atom is 0.573 e. The van der Waals surface area contributed by atoms with Gasteiger partial charge >= 0.3 is 6.36 Å². The zero-order valence-electron chi connectivity index (χ0n) is 12.6. The van der Waals surface area contributed by atoms with Crippen LogP contribution < -0.4 is 15.4 Å². The molecule has 2 aromatic carbocycles. The van der Waals surface area contributed by atoms with Gasteiger partial charge in [-0.25, -0.2) is 0 Å². The molecule has 0 saturated carbocycles. The number of carbonyl (C=O) groups is 1. The number of anilines is 2. The molecule has 0 atom stereocenters. The number of alkyl halides is 3. The summed E-state index contributed by atoms with van der Waals surface area (Å²) in [4.78, 5) is 11.9. The lowest BCUT2D eigenvalue weighted by molar-refractivity contribution is -0.274. The van der Waals surface area contributed by atoms with Crippen LogP contribution in [0.4, 0.5) is 24.5 Å². The van der Waals surface area contributed by atoms with Crippen molar-refractivity contribution in [1.29, 1.82) is 0 Å². The van der Waals surface area contributed by atoms with Crippen LogP contribution in [-0.2, 0) is 4.79 Å². The topological polar surface area (TPSA) is 50.4 Å². The zero-order chi connectivity index (χ0) is 17.7. The van der Waals surface area contributed by atoms with Crippen molar-refractivity contribution < 1.29 is 22.7 Å². The lowest BCUT2D eigenvalue weighted by atomic mass is 10.2. The molecule has 1 amide bonds. The van der Waals surface area contributed by atoms with Crippen LogP contribution in [0.5, 0.6) is 5.75 Å². The number of hydrogen-bond acceptors (Lipinski definition) is 3. The summed E-state index contributed by atoms with van der Waals surface area (Å²) in [5.41, 5.74) is 2.00. The second kappa shape index (κ2) is 7.57. The van der Waals surface area contributed by atoms with Crippen LogP contribution in [0.1, 0.15) is 5.56 Å². The van der Waals surface area contributed by atoms with Crippen LogP contribution in [0.2, 0.25) is 0 Å². The summed E-state index contributed by atoms with van der Waals surface area (Å²) in [6.45, 7) is 1.82. The van der Waals surface area contributed by atoms with E-state index in [4.69, 9.17) is 0 Å². The third-order valence-electron chi connectivity index (χ3n) is 2.92. The molecule has 4 nitrogen and oxygen atoms in total. The van der Waals surface area contributed by atoms with Crippen molar-refractivity contribution in [3.05, 3.63) is 52.5 Å². The Labute approximate surface area is 145 Å². The molecule has 0 aliphatic heterocycles. The molecule has 0 fully saturated rings. The van der Waals surface area contributed by atoms with Crippen molar-refractivity contribution in [3.63, 3.8) is 0 Å².